The van der Waals surface area contributed by atoms with Gasteiger partial charge in [0.1, 0.15) is 23.8 Å². The standard InChI is InChI=1S/C23H22ClNO4/c1-14-21(15-4-6-16(24)7-5-15)22(26)18-8-9-20-19(23(18)29-14)12-25(13-28-20)11-17-3-2-10-27-17/h4-9,17H,2-3,10-13H2,1H3/t17-/m1/s1. The third kappa shape index (κ3) is 3.44. The Bertz CT molecular complexity index is 1120. The molecule has 0 unspecified atom stereocenters. The fraction of sp³-hybridized carbons (Fsp3) is 0.348. The minimum atomic E-state index is -0.0369. The molecule has 3 heterocycles. The molecule has 29 heavy (non-hydrogen) atoms. The maximum atomic E-state index is 13.3. The predicted molar refractivity (Wildman–Crippen MR) is 113 cm³/mol. The Morgan fingerprint density at radius 2 is 2.00 bits per heavy atom. The second-order valence-electron chi connectivity index (χ2n) is 7.71. The van der Waals surface area contributed by atoms with Crippen LogP contribution in [-0.4, -0.2) is 30.9 Å². The summed E-state index contributed by atoms with van der Waals surface area (Å²) in [6.07, 6.45) is 2.44. The number of fused-ring (bicyclic) bond motifs is 3. The average Bonchev–Trinajstić information content (AvgIpc) is 3.22. The summed E-state index contributed by atoms with van der Waals surface area (Å²) in [6.45, 7) is 4.68. The molecule has 0 amide bonds. The van der Waals surface area contributed by atoms with E-state index in [-0.39, 0.29) is 11.5 Å². The van der Waals surface area contributed by atoms with E-state index in [1.165, 1.54) is 0 Å². The first-order valence-corrected chi connectivity index (χ1v) is 10.3. The highest BCUT2D eigenvalue weighted by atomic mass is 35.5. The Balaban J connectivity index is 1.56. The van der Waals surface area contributed by atoms with Crippen molar-refractivity contribution < 1.29 is 13.9 Å². The average molecular weight is 412 g/mol. The minimum absolute atomic E-state index is 0.0369. The summed E-state index contributed by atoms with van der Waals surface area (Å²) >= 11 is 6.00. The van der Waals surface area contributed by atoms with Crippen LogP contribution in [0.4, 0.5) is 0 Å². The van der Waals surface area contributed by atoms with Crippen molar-refractivity contribution in [1.29, 1.82) is 0 Å². The van der Waals surface area contributed by atoms with E-state index < -0.39 is 0 Å². The van der Waals surface area contributed by atoms with Gasteiger partial charge >= 0.3 is 0 Å². The van der Waals surface area contributed by atoms with Crippen molar-refractivity contribution in [2.24, 2.45) is 0 Å². The van der Waals surface area contributed by atoms with Crippen LogP contribution < -0.4 is 10.2 Å². The Hall–Kier alpha value is -2.34. The van der Waals surface area contributed by atoms with Gasteiger partial charge in [-0.05, 0) is 49.6 Å². The number of halogens is 1. The summed E-state index contributed by atoms with van der Waals surface area (Å²) in [4.78, 5) is 15.5. The van der Waals surface area contributed by atoms with Crippen molar-refractivity contribution in [3.63, 3.8) is 0 Å². The van der Waals surface area contributed by atoms with Gasteiger partial charge in [0.2, 0.25) is 5.43 Å². The molecule has 0 bridgehead atoms. The van der Waals surface area contributed by atoms with Crippen LogP contribution in [0.15, 0.2) is 45.6 Å². The molecule has 150 valence electrons. The molecule has 1 saturated heterocycles. The van der Waals surface area contributed by atoms with Crippen LogP contribution in [-0.2, 0) is 11.3 Å². The molecule has 1 atom stereocenters. The van der Waals surface area contributed by atoms with E-state index in [2.05, 4.69) is 4.90 Å². The van der Waals surface area contributed by atoms with E-state index in [1.807, 2.05) is 25.1 Å². The van der Waals surface area contributed by atoms with Crippen LogP contribution in [0, 0.1) is 6.92 Å². The van der Waals surface area contributed by atoms with Crippen molar-refractivity contribution >= 4 is 22.6 Å². The van der Waals surface area contributed by atoms with Crippen LogP contribution in [0.5, 0.6) is 5.75 Å². The number of nitrogens with zero attached hydrogens (tertiary/aromatic N) is 1. The molecular weight excluding hydrogens is 390 g/mol. The smallest absolute Gasteiger partial charge is 0.200 e. The first-order chi connectivity index (χ1) is 14.1. The summed E-state index contributed by atoms with van der Waals surface area (Å²) in [5, 5.41) is 1.20. The van der Waals surface area contributed by atoms with Gasteiger partial charge in [-0.15, -0.1) is 0 Å². The molecule has 1 aromatic heterocycles. The van der Waals surface area contributed by atoms with Gasteiger partial charge in [0.05, 0.1) is 22.6 Å². The SMILES string of the molecule is Cc1oc2c3c(ccc2c(=O)c1-c1ccc(Cl)cc1)OCN(C[C@H]1CCCO1)C3. The van der Waals surface area contributed by atoms with Gasteiger partial charge in [-0.25, -0.2) is 0 Å². The van der Waals surface area contributed by atoms with Gasteiger partial charge in [0, 0.05) is 24.7 Å². The Kier molecular flexibility index (Phi) is 4.82. The second-order valence-corrected chi connectivity index (χ2v) is 8.14. The number of hydrogen-bond donors (Lipinski definition) is 0. The molecule has 5 rings (SSSR count). The van der Waals surface area contributed by atoms with E-state index in [1.54, 1.807) is 18.2 Å². The number of aryl methyl sites for hydroxylation is 1. The Morgan fingerprint density at radius 3 is 2.76 bits per heavy atom. The maximum absolute atomic E-state index is 13.3. The van der Waals surface area contributed by atoms with Crippen molar-refractivity contribution in [3.8, 4) is 16.9 Å². The molecule has 0 spiro atoms. The van der Waals surface area contributed by atoms with E-state index in [4.69, 9.17) is 25.5 Å². The third-order valence-corrected chi connectivity index (χ3v) is 5.95. The highest BCUT2D eigenvalue weighted by molar-refractivity contribution is 6.30. The lowest BCUT2D eigenvalue weighted by atomic mass is 10.0. The minimum Gasteiger partial charge on any atom is -0.478 e. The first-order valence-electron chi connectivity index (χ1n) is 9.92. The van der Waals surface area contributed by atoms with Gasteiger partial charge in [-0.1, -0.05) is 23.7 Å². The zero-order valence-electron chi connectivity index (χ0n) is 16.2. The third-order valence-electron chi connectivity index (χ3n) is 5.70. The molecule has 0 radical (unpaired) electrons. The summed E-state index contributed by atoms with van der Waals surface area (Å²) < 4.78 is 17.9. The molecule has 1 fully saturated rings. The number of ether oxygens (including phenoxy) is 2. The normalized spacial score (nSPS) is 19.3. The lowest BCUT2D eigenvalue weighted by Crippen LogP contribution is -2.37. The molecule has 2 aromatic carbocycles. The number of rotatable bonds is 3. The Labute approximate surface area is 173 Å². The number of hydrogen-bond acceptors (Lipinski definition) is 5. The molecule has 2 aliphatic rings. The molecule has 5 nitrogen and oxygen atoms in total. The van der Waals surface area contributed by atoms with Crippen LogP contribution in [0.2, 0.25) is 5.02 Å². The molecule has 6 heteroatoms. The molecule has 0 N–H and O–H groups in total. The summed E-state index contributed by atoms with van der Waals surface area (Å²) in [5.74, 6) is 1.37. The van der Waals surface area contributed by atoms with Crippen molar-refractivity contribution in [1.82, 2.24) is 4.90 Å². The summed E-state index contributed by atoms with van der Waals surface area (Å²) in [5.41, 5.74) is 2.87. The van der Waals surface area contributed by atoms with Gasteiger partial charge in [-0.2, -0.15) is 0 Å². The van der Waals surface area contributed by atoms with Gasteiger partial charge < -0.3 is 13.9 Å². The Morgan fingerprint density at radius 1 is 1.17 bits per heavy atom. The topological polar surface area (TPSA) is 51.9 Å². The maximum Gasteiger partial charge on any atom is 0.200 e. The zero-order chi connectivity index (χ0) is 20.0. The van der Waals surface area contributed by atoms with Crippen LogP contribution in [0.3, 0.4) is 0 Å². The fourth-order valence-corrected chi connectivity index (χ4v) is 4.39. The van der Waals surface area contributed by atoms with Crippen molar-refractivity contribution in [2.45, 2.75) is 32.4 Å². The zero-order valence-corrected chi connectivity index (χ0v) is 17.0. The van der Waals surface area contributed by atoms with E-state index >= 15 is 0 Å². The molecule has 3 aromatic rings. The predicted octanol–water partition coefficient (Wildman–Crippen LogP) is 4.75. The largest absolute Gasteiger partial charge is 0.478 e. The van der Waals surface area contributed by atoms with Crippen LogP contribution in [0.25, 0.3) is 22.1 Å². The molecule has 2 aliphatic heterocycles. The van der Waals surface area contributed by atoms with Gasteiger partial charge in [-0.3, -0.25) is 9.69 Å². The van der Waals surface area contributed by atoms with E-state index in [0.29, 0.717) is 40.6 Å². The summed E-state index contributed by atoms with van der Waals surface area (Å²) in [6, 6.07) is 10.9. The quantitative estimate of drug-likeness (QED) is 0.622. The van der Waals surface area contributed by atoms with Gasteiger partial charge in [0.25, 0.3) is 0 Å². The van der Waals surface area contributed by atoms with E-state index in [9.17, 15) is 4.79 Å². The molecular formula is C23H22ClNO4. The summed E-state index contributed by atoms with van der Waals surface area (Å²) in [7, 11) is 0. The van der Waals surface area contributed by atoms with Crippen molar-refractivity contribution in [3.05, 3.63) is 63.0 Å². The van der Waals surface area contributed by atoms with Crippen molar-refractivity contribution in [2.75, 3.05) is 19.9 Å². The first kappa shape index (κ1) is 18.7. The fourth-order valence-electron chi connectivity index (χ4n) is 4.26. The second kappa shape index (κ2) is 7.48. The lowest BCUT2D eigenvalue weighted by Gasteiger charge is -2.30. The highest BCUT2D eigenvalue weighted by Crippen LogP contribution is 2.34. The molecule has 0 aliphatic carbocycles. The van der Waals surface area contributed by atoms with E-state index in [0.717, 1.165) is 42.9 Å². The monoisotopic (exact) mass is 411 g/mol. The lowest BCUT2D eigenvalue weighted by molar-refractivity contribution is 0.0281. The highest BCUT2D eigenvalue weighted by Gasteiger charge is 2.26. The number of benzene rings is 2. The van der Waals surface area contributed by atoms with Crippen LogP contribution >= 0.6 is 11.6 Å². The van der Waals surface area contributed by atoms with Crippen LogP contribution in [0.1, 0.15) is 24.2 Å². The van der Waals surface area contributed by atoms with Gasteiger partial charge in [0.15, 0.2) is 0 Å². The molecule has 0 saturated carbocycles.